The van der Waals surface area contributed by atoms with Crippen molar-refractivity contribution < 1.29 is 9.90 Å². The number of aryl methyl sites for hydroxylation is 1. The molecule has 0 saturated heterocycles. The smallest absolute Gasteiger partial charge is 0.238 e. The van der Waals surface area contributed by atoms with E-state index in [1.165, 1.54) is 0 Å². The molecule has 0 bridgehead atoms. The zero-order valence-corrected chi connectivity index (χ0v) is 13.5. The number of nitrogens with one attached hydrogen (secondary N) is 1. The summed E-state index contributed by atoms with van der Waals surface area (Å²) in [6.45, 7) is 2.83. The fourth-order valence-corrected chi connectivity index (χ4v) is 2.76. The van der Waals surface area contributed by atoms with Crippen molar-refractivity contribution in [3.8, 4) is 0 Å². The maximum Gasteiger partial charge on any atom is 0.238 e. The highest BCUT2D eigenvalue weighted by Crippen LogP contribution is 2.32. The van der Waals surface area contributed by atoms with Crippen LogP contribution in [0.3, 0.4) is 0 Å². The molecule has 1 aromatic carbocycles. The van der Waals surface area contributed by atoms with Gasteiger partial charge in [0.1, 0.15) is 0 Å². The molecule has 2 N–H and O–H groups in total. The van der Waals surface area contributed by atoms with Gasteiger partial charge >= 0.3 is 0 Å². The molecular weight excluding hydrogens is 320 g/mol. The van der Waals surface area contributed by atoms with Crippen LogP contribution < -0.4 is 5.32 Å². The second kappa shape index (κ2) is 6.70. The first-order valence-corrected chi connectivity index (χ1v) is 7.67. The summed E-state index contributed by atoms with van der Waals surface area (Å²) in [7, 11) is 1.86. The largest absolute Gasteiger partial charge is 0.392 e. The van der Waals surface area contributed by atoms with Crippen LogP contribution in [0.25, 0.3) is 0 Å². The number of carbonyl (C=O) groups excluding carboxylic acids is 1. The van der Waals surface area contributed by atoms with Gasteiger partial charge in [0.2, 0.25) is 5.91 Å². The number of halogens is 1. The van der Waals surface area contributed by atoms with Crippen LogP contribution in [0.15, 0.2) is 22.7 Å². The number of hydrogen-bond donors (Lipinski definition) is 2. The molecule has 1 amide bonds. The Bertz CT molecular complexity index is 489. The molecule has 0 spiro atoms. The van der Waals surface area contributed by atoms with Gasteiger partial charge < -0.3 is 10.4 Å². The second-order valence-corrected chi connectivity index (χ2v) is 6.49. The van der Waals surface area contributed by atoms with Crippen LogP contribution in [0, 0.1) is 12.8 Å². The molecule has 1 aliphatic rings. The number of rotatable bonds is 6. The first-order valence-electron chi connectivity index (χ1n) is 6.88. The van der Waals surface area contributed by atoms with E-state index in [9.17, 15) is 9.90 Å². The van der Waals surface area contributed by atoms with E-state index in [0.29, 0.717) is 12.5 Å². The van der Waals surface area contributed by atoms with Gasteiger partial charge in [0.05, 0.1) is 18.3 Å². The van der Waals surface area contributed by atoms with E-state index in [1.807, 2.05) is 37.1 Å². The zero-order chi connectivity index (χ0) is 14.7. The lowest BCUT2D eigenvalue weighted by atomic mass is 10.2. The summed E-state index contributed by atoms with van der Waals surface area (Å²) in [4.78, 5) is 13.8. The number of amides is 1. The number of anilines is 1. The number of likely N-dealkylation sites (N-methyl/N-ethyl adjacent to an activating group) is 1. The van der Waals surface area contributed by atoms with Crippen LogP contribution in [0.2, 0.25) is 0 Å². The molecule has 1 aliphatic carbocycles. The summed E-state index contributed by atoms with van der Waals surface area (Å²) < 4.78 is 0.881. The quantitative estimate of drug-likeness (QED) is 0.835. The van der Waals surface area contributed by atoms with Gasteiger partial charge in [0, 0.05) is 11.0 Å². The molecule has 1 fully saturated rings. The molecule has 0 aromatic heterocycles. The topological polar surface area (TPSA) is 52.6 Å². The van der Waals surface area contributed by atoms with Crippen LogP contribution in [-0.2, 0) is 4.79 Å². The SMILES string of the molecule is Cc1ccc(NC(=O)CN(C)CC(O)C2CC2)c(Br)c1. The summed E-state index contributed by atoms with van der Waals surface area (Å²) in [6.07, 6.45) is 1.91. The number of aliphatic hydroxyl groups excluding tert-OH is 1. The lowest BCUT2D eigenvalue weighted by Crippen LogP contribution is -2.36. The van der Waals surface area contributed by atoms with Crippen molar-refractivity contribution in [2.24, 2.45) is 5.92 Å². The predicted octanol–water partition coefficient (Wildman–Crippen LogP) is 2.40. The maximum absolute atomic E-state index is 12.0. The lowest BCUT2D eigenvalue weighted by molar-refractivity contribution is -0.117. The van der Waals surface area contributed by atoms with Gasteiger partial charge in [0.15, 0.2) is 0 Å². The standard InChI is InChI=1S/C15H21BrN2O2/c1-10-3-6-13(12(16)7-10)17-15(20)9-18(2)8-14(19)11-4-5-11/h3,6-7,11,14,19H,4-5,8-9H2,1-2H3,(H,17,20). The van der Waals surface area contributed by atoms with Crippen molar-refractivity contribution in [2.75, 3.05) is 25.5 Å². The monoisotopic (exact) mass is 340 g/mol. The van der Waals surface area contributed by atoms with Crippen LogP contribution in [-0.4, -0.2) is 42.2 Å². The van der Waals surface area contributed by atoms with Crippen LogP contribution in [0.5, 0.6) is 0 Å². The molecule has 5 heteroatoms. The Labute approximate surface area is 128 Å². The molecule has 20 heavy (non-hydrogen) atoms. The molecule has 4 nitrogen and oxygen atoms in total. The molecule has 0 heterocycles. The van der Waals surface area contributed by atoms with E-state index in [0.717, 1.165) is 28.6 Å². The predicted molar refractivity (Wildman–Crippen MR) is 83.7 cm³/mol. The fourth-order valence-electron chi connectivity index (χ4n) is 2.17. The van der Waals surface area contributed by atoms with Gasteiger partial charge in [-0.05, 0) is 66.4 Å². The Morgan fingerprint density at radius 3 is 2.85 bits per heavy atom. The Hall–Kier alpha value is -0.910. The molecule has 1 unspecified atom stereocenters. The average Bonchev–Trinajstić information content (AvgIpc) is 3.16. The number of nitrogens with zero attached hydrogens (tertiary/aromatic N) is 1. The van der Waals surface area contributed by atoms with Crippen molar-refractivity contribution in [3.05, 3.63) is 28.2 Å². The molecule has 110 valence electrons. The third kappa shape index (κ3) is 4.58. The maximum atomic E-state index is 12.0. The summed E-state index contributed by atoms with van der Waals surface area (Å²) >= 11 is 3.44. The van der Waals surface area contributed by atoms with Crippen LogP contribution in [0.4, 0.5) is 5.69 Å². The minimum absolute atomic E-state index is 0.0694. The zero-order valence-electron chi connectivity index (χ0n) is 11.9. The second-order valence-electron chi connectivity index (χ2n) is 5.63. The Kier molecular flexibility index (Phi) is 5.18. The highest BCUT2D eigenvalue weighted by atomic mass is 79.9. The lowest BCUT2D eigenvalue weighted by Gasteiger charge is -2.20. The minimum atomic E-state index is -0.307. The number of carbonyl (C=O) groups is 1. The van der Waals surface area contributed by atoms with Gasteiger partial charge in [-0.2, -0.15) is 0 Å². The van der Waals surface area contributed by atoms with Gasteiger partial charge in [-0.25, -0.2) is 0 Å². The van der Waals surface area contributed by atoms with E-state index in [4.69, 9.17) is 0 Å². The van der Waals surface area contributed by atoms with Crippen LogP contribution >= 0.6 is 15.9 Å². The van der Waals surface area contributed by atoms with Crippen molar-refractivity contribution in [2.45, 2.75) is 25.9 Å². The molecule has 1 saturated carbocycles. The first kappa shape index (κ1) is 15.5. The number of aliphatic hydroxyl groups is 1. The number of benzene rings is 1. The van der Waals surface area contributed by atoms with Gasteiger partial charge in [-0.15, -0.1) is 0 Å². The summed E-state index contributed by atoms with van der Waals surface area (Å²) in [5.41, 5.74) is 1.91. The number of hydrogen-bond acceptors (Lipinski definition) is 3. The molecular formula is C15H21BrN2O2. The summed E-state index contributed by atoms with van der Waals surface area (Å²) in [6, 6.07) is 5.81. The van der Waals surface area contributed by atoms with Crippen molar-refractivity contribution >= 4 is 27.5 Å². The highest BCUT2D eigenvalue weighted by Gasteiger charge is 2.30. The van der Waals surface area contributed by atoms with Crippen molar-refractivity contribution in [3.63, 3.8) is 0 Å². The Morgan fingerprint density at radius 2 is 2.25 bits per heavy atom. The highest BCUT2D eigenvalue weighted by molar-refractivity contribution is 9.10. The van der Waals surface area contributed by atoms with Crippen molar-refractivity contribution in [1.82, 2.24) is 4.90 Å². The van der Waals surface area contributed by atoms with Crippen molar-refractivity contribution in [1.29, 1.82) is 0 Å². The van der Waals surface area contributed by atoms with Gasteiger partial charge in [-0.3, -0.25) is 9.69 Å². The Morgan fingerprint density at radius 1 is 1.55 bits per heavy atom. The Balaban J connectivity index is 1.81. The molecule has 2 rings (SSSR count). The molecule has 1 atom stereocenters. The van der Waals surface area contributed by atoms with E-state index in [-0.39, 0.29) is 18.6 Å². The van der Waals surface area contributed by atoms with Gasteiger partial charge in [0.25, 0.3) is 0 Å². The molecule has 0 aliphatic heterocycles. The third-order valence-electron chi connectivity index (χ3n) is 3.48. The average molecular weight is 341 g/mol. The molecule has 1 aromatic rings. The first-order chi connectivity index (χ1) is 9.45. The van der Waals surface area contributed by atoms with Crippen LogP contribution in [0.1, 0.15) is 18.4 Å². The van der Waals surface area contributed by atoms with E-state index >= 15 is 0 Å². The minimum Gasteiger partial charge on any atom is -0.392 e. The van der Waals surface area contributed by atoms with E-state index in [2.05, 4.69) is 21.2 Å². The summed E-state index contributed by atoms with van der Waals surface area (Å²) in [5.74, 6) is 0.367. The van der Waals surface area contributed by atoms with E-state index in [1.54, 1.807) is 0 Å². The van der Waals surface area contributed by atoms with E-state index < -0.39 is 0 Å². The third-order valence-corrected chi connectivity index (χ3v) is 4.13. The fraction of sp³-hybridized carbons (Fsp3) is 0.533. The summed E-state index contributed by atoms with van der Waals surface area (Å²) in [5, 5.41) is 12.7. The molecule has 0 radical (unpaired) electrons. The van der Waals surface area contributed by atoms with Gasteiger partial charge in [-0.1, -0.05) is 6.07 Å². The normalized spacial score (nSPS) is 16.2.